The van der Waals surface area contributed by atoms with E-state index in [4.69, 9.17) is 21.2 Å². The van der Waals surface area contributed by atoms with E-state index in [0.29, 0.717) is 0 Å². The molecule has 0 radical (unpaired) electrons. The van der Waals surface area contributed by atoms with E-state index in [-0.39, 0.29) is 13.2 Å². The van der Waals surface area contributed by atoms with Crippen LogP contribution in [0.4, 0.5) is 0 Å². The zero-order valence-electron chi connectivity index (χ0n) is 13.3. The zero-order valence-corrected chi connectivity index (χ0v) is 13.3. The quantitative estimate of drug-likeness (QED) is 0.661. The van der Waals surface area contributed by atoms with E-state index in [1.807, 2.05) is 61.5 Å². The fraction of sp³-hybridized carbons (Fsp3) is 0.235. The number of hydrogen-bond donors (Lipinski definition) is 3. The number of aliphatic hydroxyl groups is 1. The van der Waals surface area contributed by atoms with Crippen LogP contribution in [0.2, 0.25) is 0 Å². The third kappa shape index (κ3) is 6.24. The zero-order chi connectivity index (χ0) is 17.1. The summed E-state index contributed by atoms with van der Waals surface area (Å²) in [5.41, 5.74) is 12.7. The van der Waals surface area contributed by atoms with E-state index < -0.39 is 12.9 Å². The summed E-state index contributed by atoms with van der Waals surface area (Å²) in [4.78, 5) is 11.5. The van der Waals surface area contributed by atoms with Crippen LogP contribution >= 0.6 is 0 Å². The summed E-state index contributed by atoms with van der Waals surface area (Å²) in [6.07, 6.45) is 0. The fourth-order valence-electron chi connectivity index (χ4n) is 1.93. The van der Waals surface area contributed by atoms with Gasteiger partial charge in [-0.1, -0.05) is 61.5 Å². The molecule has 0 aliphatic carbocycles. The van der Waals surface area contributed by atoms with Gasteiger partial charge in [0.1, 0.15) is 0 Å². The highest BCUT2D eigenvalue weighted by Gasteiger charge is 2.25. The Hall–Kier alpha value is -2.15. The van der Waals surface area contributed by atoms with Crippen molar-refractivity contribution in [3.63, 3.8) is 0 Å². The maximum atomic E-state index is 11.5. The molecule has 0 heterocycles. The first-order valence-corrected chi connectivity index (χ1v) is 7.50. The predicted octanol–water partition coefficient (Wildman–Crippen LogP) is -0.248. The van der Waals surface area contributed by atoms with E-state index >= 15 is 0 Å². The minimum atomic E-state index is -0.486. The highest BCUT2D eigenvalue weighted by Crippen LogP contribution is 2.00. The van der Waals surface area contributed by atoms with Gasteiger partial charge in [0.05, 0.1) is 13.2 Å². The Morgan fingerprint density at radius 1 is 1.04 bits per heavy atom. The lowest BCUT2D eigenvalue weighted by Gasteiger charge is -2.15. The standard InChI is InChI=1S/C15H16BNO3.C2H7N/c17-10-15(19)20-16(13-4-2-1-3-5-13)14-8-6-12(11-18)7-9-14;1-2-3/h1-9,18H,10-11,17H2;2-3H2,1H3. The van der Waals surface area contributed by atoms with Crippen LogP contribution in [0.5, 0.6) is 0 Å². The van der Waals surface area contributed by atoms with Crippen LogP contribution < -0.4 is 22.4 Å². The Morgan fingerprint density at radius 3 is 2.04 bits per heavy atom. The number of carbonyl (C=O) groups excluding carboxylic acids is 1. The minimum Gasteiger partial charge on any atom is -0.525 e. The SMILES string of the molecule is CCN.NCC(=O)OB(c1ccccc1)c1ccc(CO)cc1. The van der Waals surface area contributed by atoms with Crippen LogP contribution in [0.1, 0.15) is 12.5 Å². The van der Waals surface area contributed by atoms with Crippen LogP contribution in [0.3, 0.4) is 0 Å². The van der Waals surface area contributed by atoms with Gasteiger partial charge in [-0.3, -0.25) is 4.79 Å². The fourth-order valence-corrected chi connectivity index (χ4v) is 1.93. The second kappa shape index (κ2) is 10.6. The number of aliphatic hydroxyl groups excluding tert-OH is 1. The Balaban J connectivity index is 0.000000816. The summed E-state index contributed by atoms with van der Waals surface area (Å²) < 4.78 is 5.42. The number of rotatable bonds is 5. The van der Waals surface area contributed by atoms with Crippen LogP contribution in [0, 0.1) is 0 Å². The first-order chi connectivity index (χ1) is 11.2. The van der Waals surface area contributed by atoms with Crippen LogP contribution in [-0.2, 0) is 16.1 Å². The Kier molecular flexibility index (Phi) is 8.68. The summed E-state index contributed by atoms with van der Waals surface area (Å²) in [5, 5.41) is 9.07. The van der Waals surface area contributed by atoms with Gasteiger partial charge in [0, 0.05) is 0 Å². The molecule has 0 amide bonds. The van der Waals surface area contributed by atoms with Crippen LogP contribution in [0.15, 0.2) is 54.6 Å². The third-order valence-electron chi connectivity index (χ3n) is 2.98. The lowest BCUT2D eigenvalue weighted by atomic mass is 9.55. The second-order valence-electron chi connectivity index (χ2n) is 4.79. The molecule has 0 atom stereocenters. The molecule has 0 spiro atoms. The largest absolute Gasteiger partial charge is 0.525 e. The molecule has 23 heavy (non-hydrogen) atoms. The Bertz CT molecular complexity index is 576. The number of benzene rings is 2. The predicted molar refractivity (Wildman–Crippen MR) is 93.7 cm³/mol. The van der Waals surface area contributed by atoms with Gasteiger partial charge in [0.25, 0.3) is 0 Å². The molecule has 2 rings (SSSR count). The molecule has 0 aromatic heterocycles. The van der Waals surface area contributed by atoms with Gasteiger partial charge >= 0.3 is 12.9 Å². The molecule has 0 saturated heterocycles. The second-order valence-corrected chi connectivity index (χ2v) is 4.79. The van der Waals surface area contributed by atoms with Crippen LogP contribution in [0.25, 0.3) is 0 Å². The van der Waals surface area contributed by atoms with Gasteiger partial charge in [-0.05, 0) is 23.0 Å². The van der Waals surface area contributed by atoms with E-state index in [1.54, 1.807) is 0 Å². The Labute approximate surface area is 137 Å². The highest BCUT2D eigenvalue weighted by atomic mass is 16.5. The van der Waals surface area contributed by atoms with E-state index in [2.05, 4.69) is 0 Å². The lowest BCUT2D eigenvalue weighted by molar-refractivity contribution is -0.132. The van der Waals surface area contributed by atoms with Gasteiger partial charge in [0.2, 0.25) is 0 Å². The van der Waals surface area contributed by atoms with Crippen molar-refractivity contribution in [2.24, 2.45) is 11.5 Å². The van der Waals surface area contributed by atoms with E-state index in [1.165, 1.54) is 0 Å². The highest BCUT2D eigenvalue weighted by molar-refractivity contribution is 6.81. The van der Waals surface area contributed by atoms with Crippen molar-refractivity contribution in [1.82, 2.24) is 0 Å². The van der Waals surface area contributed by atoms with E-state index in [0.717, 1.165) is 23.0 Å². The first-order valence-electron chi connectivity index (χ1n) is 7.50. The number of carbonyl (C=O) groups is 1. The van der Waals surface area contributed by atoms with Crippen LogP contribution in [-0.4, -0.2) is 31.1 Å². The maximum absolute atomic E-state index is 11.5. The van der Waals surface area contributed by atoms with Crippen molar-refractivity contribution in [2.75, 3.05) is 13.1 Å². The molecule has 5 nitrogen and oxygen atoms in total. The molecule has 2 aromatic carbocycles. The molecule has 0 aliphatic rings. The average Bonchev–Trinajstić information content (AvgIpc) is 2.61. The van der Waals surface area contributed by atoms with Gasteiger partial charge in [0.15, 0.2) is 0 Å². The van der Waals surface area contributed by atoms with Gasteiger partial charge in [-0.15, -0.1) is 0 Å². The van der Waals surface area contributed by atoms with Gasteiger partial charge in [-0.25, -0.2) is 0 Å². The average molecular weight is 314 g/mol. The molecule has 6 heteroatoms. The van der Waals surface area contributed by atoms with E-state index in [9.17, 15) is 4.79 Å². The molecular formula is C17H23BN2O3. The lowest BCUT2D eigenvalue weighted by Crippen LogP contribution is -2.47. The minimum absolute atomic E-state index is 0.0150. The maximum Gasteiger partial charge on any atom is 0.429 e. The summed E-state index contributed by atoms with van der Waals surface area (Å²) in [6, 6.07) is 16.8. The third-order valence-corrected chi connectivity index (χ3v) is 2.98. The topological polar surface area (TPSA) is 98.6 Å². The number of nitrogens with two attached hydrogens (primary N) is 2. The van der Waals surface area contributed by atoms with Gasteiger partial charge < -0.3 is 21.2 Å². The van der Waals surface area contributed by atoms with Crippen molar-refractivity contribution >= 4 is 23.8 Å². The number of hydrogen-bond acceptors (Lipinski definition) is 5. The molecular weight excluding hydrogens is 291 g/mol. The van der Waals surface area contributed by atoms with Gasteiger partial charge in [-0.2, -0.15) is 0 Å². The van der Waals surface area contributed by atoms with Crippen molar-refractivity contribution in [3.05, 3.63) is 60.2 Å². The normalized spacial score (nSPS) is 9.57. The summed E-state index contributed by atoms with van der Waals surface area (Å²) in [7, 11) is 0. The van der Waals surface area contributed by atoms with Crippen molar-refractivity contribution in [1.29, 1.82) is 0 Å². The van der Waals surface area contributed by atoms with Crippen molar-refractivity contribution < 1.29 is 14.6 Å². The van der Waals surface area contributed by atoms with Crippen molar-refractivity contribution in [2.45, 2.75) is 13.5 Å². The molecule has 5 N–H and O–H groups in total. The molecule has 0 aliphatic heterocycles. The molecule has 122 valence electrons. The first kappa shape index (κ1) is 18.9. The molecule has 0 saturated carbocycles. The molecule has 0 unspecified atom stereocenters. The molecule has 0 fully saturated rings. The van der Waals surface area contributed by atoms with Crippen molar-refractivity contribution in [3.8, 4) is 0 Å². The monoisotopic (exact) mass is 314 g/mol. The smallest absolute Gasteiger partial charge is 0.429 e. The molecule has 0 bridgehead atoms. The summed E-state index contributed by atoms with van der Waals surface area (Å²) in [5.74, 6) is -0.454. The summed E-state index contributed by atoms with van der Waals surface area (Å²) >= 11 is 0. The summed E-state index contributed by atoms with van der Waals surface area (Å²) in [6.45, 7) is 2.00. The Morgan fingerprint density at radius 2 is 1.57 bits per heavy atom. The molecule has 2 aromatic rings.